The molecule has 142 valence electrons. The van der Waals surface area contributed by atoms with Gasteiger partial charge < -0.3 is 4.90 Å². The van der Waals surface area contributed by atoms with Crippen molar-refractivity contribution in [3.63, 3.8) is 0 Å². The number of amides is 1. The number of sulfone groups is 1. The van der Waals surface area contributed by atoms with E-state index in [0.717, 1.165) is 25.9 Å². The summed E-state index contributed by atoms with van der Waals surface area (Å²) >= 11 is 0. The molecule has 2 fully saturated rings. The Morgan fingerprint density at radius 2 is 2.08 bits per heavy atom. The van der Waals surface area contributed by atoms with E-state index >= 15 is 0 Å². The van der Waals surface area contributed by atoms with Crippen LogP contribution in [0.5, 0.6) is 0 Å². The fraction of sp³-hybridized carbons (Fsp3) is 0.556. The molecule has 0 radical (unpaired) electrons. The van der Waals surface area contributed by atoms with E-state index in [0.29, 0.717) is 23.4 Å². The average Bonchev–Trinajstić information content (AvgIpc) is 3.22. The van der Waals surface area contributed by atoms with Crippen molar-refractivity contribution in [3.8, 4) is 0 Å². The number of carbonyl (C=O) groups is 1. The molecule has 0 bridgehead atoms. The minimum Gasteiger partial charge on any atom is -0.369 e. The van der Waals surface area contributed by atoms with Gasteiger partial charge >= 0.3 is 0 Å². The number of benzene rings is 1. The van der Waals surface area contributed by atoms with E-state index in [4.69, 9.17) is 0 Å². The largest absolute Gasteiger partial charge is 0.369 e. The molecule has 8 heteroatoms. The zero-order valence-electron chi connectivity index (χ0n) is 14.9. The predicted molar refractivity (Wildman–Crippen MR) is 99.6 cm³/mol. The molecule has 0 saturated carbocycles. The first-order valence-electron chi connectivity index (χ1n) is 8.92. The topological polar surface area (TPSA) is 78.8 Å². The highest BCUT2D eigenvalue weighted by Crippen LogP contribution is 2.25. The lowest BCUT2D eigenvalue weighted by Gasteiger charge is -2.18. The second kappa shape index (κ2) is 7.73. The molecule has 2 saturated heterocycles. The summed E-state index contributed by atoms with van der Waals surface area (Å²) in [5.74, 6) is -0.544. The summed E-state index contributed by atoms with van der Waals surface area (Å²) in [6.07, 6.45) is 2.81. The number of rotatable bonds is 5. The minimum absolute atomic E-state index is 0.0618. The Balaban J connectivity index is 1.58. The summed E-state index contributed by atoms with van der Waals surface area (Å²) in [5.41, 5.74) is 4.16. The first-order valence-corrected chi connectivity index (χ1v) is 10.7. The van der Waals surface area contributed by atoms with Gasteiger partial charge in [0.15, 0.2) is 9.84 Å². The molecule has 6 nitrogen and oxygen atoms in total. The molecule has 0 aromatic heterocycles. The van der Waals surface area contributed by atoms with Gasteiger partial charge in [-0.3, -0.25) is 4.79 Å². The number of anilines is 1. The number of nitrogens with one attached hydrogen (secondary N) is 1. The van der Waals surface area contributed by atoms with Crippen LogP contribution >= 0.6 is 0 Å². The number of nitrogens with zero attached hydrogens (tertiary/aromatic N) is 2. The van der Waals surface area contributed by atoms with Crippen LogP contribution in [0.15, 0.2) is 23.3 Å². The molecule has 2 aliphatic heterocycles. The van der Waals surface area contributed by atoms with E-state index in [9.17, 15) is 17.6 Å². The van der Waals surface area contributed by atoms with Gasteiger partial charge in [-0.1, -0.05) is 6.07 Å². The maximum absolute atomic E-state index is 14.4. The number of halogens is 1. The zero-order valence-corrected chi connectivity index (χ0v) is 15.7. The monoisotopic (exact) mass is 381 g/mol. The van der Waals surface area contributed by atoms with Gasteiger partial charge in [-0.2, -0.15) is 5.10 Å². The highest BCUT2D eigenvalue weighted by molar-refractivity contribution is 7.91. The highest BCUT2D eigenvalue weighted by Gasteiger charge is 2.29. The van der Waals surface area contributed by atoms with Crippen molar-refractivity contribution in [2.24, 2.45) is 11.0 Å². The van der Waals surface area contributed by atoms with Crippen molar-refractivity contribution in [2.75, 3.05) is 29.5 Å². The summed E-state index contributed by atoms with van der Waals surface area (Å²) in [6, 6.07) is 4.98. The van der Waals surface area contributed by atoms with Crippen molar-refractivity contribution in [2.45, 2.75) is 32.6 Å². The highest BCUT2D eigenvalue weighted by atomic mass is 32.2. The van der Waals surface area contributed by atoms with Crippen LogP contribution in [0.4, 0.5) is 10.1 Å². The van der Waals surface area contributed by atoms with Crippen molar-refractivity contribution in [3.05, 3.63) is 29.6 Å². The van der Waals surface area contributed by atoms with E-state index in [1.807, 2.05) is 4.90 Å². The molecular weight excluding hydrogens is 357 g/mol. The Labute approximate surface area is 153 Å². The molecule has 1 atom stereocenters. The van der Waals surface area contributed by atoms with E-state index in [-0.39, 0.29) is 35.6 Å². The molecular formula is C18H24FN3O3S. The van der Waals surface area contributed by atoms with Crippen LogP contribution in [0.2, 0.25) is 0 Å². The smallest absolute Gasteiger partial charge is 0.240 e. The molecule has 3 rings (SSSR count). The minimum atomic E-state index is -2.99. The van der Waals surface area contributed by atoms with Gasteiger partial charge in [0.25, 0.3) is 0 Å². The summed E-state index contributed by atoms with van der Waals surface area (Å²) in [6.45, 7) is 3.44. The third kappa shape index (κ3) is 4.60. The number of hydrogen-bond acceptors (Lipinski definition) is 5. The summed E-state index contributed by atoms with van der Waals surface area (Å²) in [5, 5.41) is 4.03. The number of carbonyl (C=O) groups excluding carboxylic acids is 1. The SMILES string of the molecule is C/C(=N/NC(=O)C[C@@H]1CCS(=O)(=O)C1)c1ccc(N2CCCC2)c(F)c1. The van der Waals surface area contributed by atoms with Gasteiger partial charge in [0.2, 0.25) is 5.91 Å². The maximum atomic E-state index is 14.4. The first-order chi connectivity index (χ1) is 12.3. The fourth-order valence-electron chi connectivity index (χ4n) is 3.50. The summed E-state index contributed by atoms with van der Waals surface area (Å²) in [7, 11) is -2.99. The Bertz CT molecular complexity index is 817. The zero-order chi connectivity index (χ0) is 18.7. The quantitative estimate of drug-likeness (QED) is 0.626. The Morgan fingerprint density at radius 1 is 1.35 bits per heavy atom. The lowest BCUT2D eigenvalue weighted by molar-refractivity contribution is -0.121. The molecule has 2 heterocycles. The third-order valence-electron chi connectivity index (χ3n) is 4.96. The lowest BCUT2D eigenvalue weighted by Crippen LogP contribution is -2.23. The standard InChI is InChI=1S/C18H24FN3O3S/c1-13(20-21-18(23)10-14-6-9-26(24,25)12-14)15-4-5-17(16(19)11-15)22-7-2-3-8-22/h4-5,11,14H,2-3,6-10,12H2,1H3,(H,21,23)/b20-13-/t14-/m0/s1. The Kier molecular flexibility index (Phi) is 5.60. The molecule has 0 unspecified atom stereocenters. The van der Waals surface area contributed by atoms with Crippen molar-refractivity contribution < 1.29 is 17.6 Å². The van der Waals surface area contributed by atoms with Crippen molar-refractivity contribution >= 4 is 27.1 Å². The fourth-order valence-corrected chi connectivity index (χ4v) is 5.36. The van der Waals surface area contributed by atoms with E-state index in [1.165, 1.54) is 6.07 Å². The third-order valence-corrected chi connectivity index (χ3v) is 6.80. The molecule has 0 aliphatic carbocycles. The normalized spacial score (nSPS) is 22.6. The van der Waals surface area contributed by atoms with Gasteiger partial charge in [0.1, 0.15) is 5.82 Å². The van der Waals surface area contributed by atoms with Crippen LogP contribution in [0.25, 0.3) is 0 Å². The second-order valence-corrected chi connectivity index (χ2v) is 9.29. The summed E-state index contributed by atoms with van der Waals surface area (Å²) < 4.78 is 37.2. The van der Waals surface area contributed by atoms with Crippen LogP contribution in [-0.4, -0.2) is 44.6 Å². The molecule has 1 aromatic rings. The van der Waals surface area contributed by atoms with Crippen LogP contribution < -0.4 is 10.3 Å². The van der Waals surface area contributed by atoms with Crippen LogP contribution in [0.3, 0.4) is 0 Å². The van der Waals surface area contributed by atoms with Crippen molar-refractivity contribution in [1.82, 2.24) is 5.43 Å². The first kappa shape index (κ1) is 18.8. The van der Waals surface area contributed by atoms with Gasteiger partial charge in [-0.15, -0.1) is 0 Å². The second-order valence-electron chi connectivity index (χ2n) is 7.07. The van der Waals surface area contributed by atoms with Gasteiger partial charge in [-0.05, 0) is 44.2 Å². The Hall–Kier alpha value is -1.96. The Morgan fingerprint density at radius 3 is 2.69 bits per heavy atom. The van der Waals surface area contributed by atoms with E-state index < -0.39 is 9.84 Å². The van der Waals surface area contributed by atoms with Crippen LogP contribution in [0.1, 0.15) is 38.2 Å². The van der Waals surface area contributed by atoms with Crippen LogP contribution in [0, 0.1) is 11.7 Å². The van der Waals surface area contributed by atoms with E-state index in [2.05, 4.69) is 10.5 Å². The predicted octanol–water partition coefficient (Wildman–Crippen LogP) is 2.09. The number of hydrogen-bond donors (Lipinski definition) is 1. The molecule has 26 heavy (non-hydrogen) atoms. The lowest BCUT2D eigenvalue weighted by atomic mass is 10.1. The van der Waals surface area contributed by atoms with Gasteiger partial charge in [-0.25, -0.2) is 18.2 Å². The molecule has 1 aromatic carbocycles. The van der Waals surface area contributed by atoms with Crippen molar-refractivity contribution in [1.29, 1.82) is 0 Å². The van der Waals surface area contributed by atoms with Crippen LogP contribution in [-0.2, 0) is 14.6 Å². The van der Waals surface area contributed by atoms with Gasteiger partial charge in [0, 0.05) is 25.1 Å². The molecule has 1 amide bonds. The van der Waals surface area contributed by atoms with Gasteiger partial charge in [0.05, 0.1) is 22.9 Å². The average molecular weight is 381 g/mol. The van der Waals surface area contributed by atoms with E-state index in [1.54, 1.807) is 19.1 Å². The molecule has 1 N–H and O–H groups in total. The summed E-state index contributed by atoms with van der Waals surface area (Å²) in [4.78, 5) is 14.0. The molecule has 2 aliphatic rings. The molecule has 0 spiro atoms. The number of hydrazone groups is 1. The maximum Gasteiger partial charge on any atom is 0.240 e.